The summed E-state index contributed by atoms with van der Waals surface area (Å²) in [6.07, 6.45) is -1.69. The van der Waals surface area contributed by atoms with Crippen molar-refractivity contribution in [3.8, 4) is 0 Å². The van der Waals surface area contributed by atoms with Gasteiger partial charge in [-0.2, -0.15) is 0 Å². The van der Waals surface area contributed by atoms with Crippen molar-refractivity contribution in [2.75, 3.05) is 6.54 Å². The van der Waals surface area contributed by atoms with E-state index in [0.29, 0.717) is 5.56 Å². The van der Waals surface area contributed by atoms with Gasteiger partial charge < -0.3 is 20.3 Å². The summed E-state index contributed by atoms with van der Waals surface area (Å²) in [6, 6.07) is 12.3. The number of benzene rings is 1. The van der Waals surface area contributed by atoms with E-state index in [2.05, 4.69) is 10.3 Å². The highest BCUT2D eigenvalue weighted by Crippen LogP contribution is 2.17. The normalized spacial score (nSPS) is 13.2. The molecule has 23 heavy (non-hydrogen) atoms. The number of hydrogen-bond acceptors (Lipinski definition) is 5. The molecule has 2 rings (SSSR count). The van der Waals surface area contributed by atoms with Crippen molar-refractivity contribution >= 4 is 17.7 Å². The molecule has 1 aromatic heterocycles. The molecule has 0 radical (unpaired) electrons. The molecule has 122 valence electrons. The summed E-state index contributed by atoms with van der Waals surface area (Å²) in [5.74, 6) is 0. The zero-order valence-corrected chi connectivity index (χ0v) is 13.0. The predicted molar refractivity (Wildman–Crippen MR) is 84.8 cm³/mol. The summed E-state index contributed by atoms with van der Waals surface area (Å²) >= 11 is 5.66. The van der Waals surface area contributed by atoms with Gasteiger partial charge in [0.1, 0.15) is 24.0 Å². The van der Waals surface area contributed by atoms with Gasteiger partial charge in [0.15, 0.2) is 0 Å². The van der Waals surface area contributed by atoms with Gasteiger partial charge in [-0.25, -0.2) is 9.78 Å². The van der Waals surface area contributed by atoms with Gasteiger partial charge in [0.25, 0.3) is 0 Å². The number of aliphatic hydroxyl groups is 2. The predicted octanol–water partition coefficient (Wildman–Crippen LogP) is 2.06. The Morgan fingerprint density at radius 3 is 2.61 bits per heavy atom. The molecule has 2 aromatic rings. The maximum Gasteiger partial charge on any atom is 0.407 e. The minimum atomic E-state index is -1.19. The second-order valence-electron chi connectivity index (χ2n) is 4.87. The van der Waals surface area contributed by atoms with Gasteiger partial charge in [0, 0.05) is 18.3 Å². The lowest BCUT2D eigenvalue weighted by Gasteiger charge is -2.18. The molecule has 1 heterocycles. The number of halogens is 1. The molecule has 2 unspecified atom stereocenters. The standard InChI is InChI=1S/C16H17ClN2O4/c17-14-7-6-12(8-18-14)15(21)13(20)9-19-16(22)23-10-11-4-2-1-3-5-11/h1-8,13,15,20-21H,9-10H2,(H,19,22). The zero-order valence-electron chi connectivity index (χ0n) is 12.2. The number of alkyl carbamates (subject to hydrolysis) is 1. The van der Waals surface area contributed by atoms with Crippen molar-refractivity contribution in [2.45, 2.75) is 18.8 Å². The summed E-state index contributed by atoms with van der Waals surface area (Å²) in [4.78, 5) is 15.4. The van der Waals surface area contributed by atoms with Crippen molar-refractivity contribution in [3.05, 3.63) is 64.9 Å². The molecule has 2 atom stereocenters. The summed E-state index contributed by atoms with van der Waals surface area (Å²) in [7, 11) is 0. The van der Waals surface area contributed by atoms with Gasteiger partial charge in [0.05, 0.1) is 0 Å². The SMILES string of the molecule is O=C(NCC(O)C(O)c1ccc(Cl)nc1)OCc1ccccc1. The van der Waals surface area contributed by atoms with Crippen molar-refractivity contribution in [1.29, 1.82) is 0 Å². The number of aromatic nitrogens is 1. The lowest BCUT2D eigenvalue weighted by Crippen LogP contribution is -2.35. The van der Waals surface area contributed by atoms with Crippen LogP contribution in [0.1, 0.15) is 17.2 Å². The van der Waals surface area contributed by atoms with E-state index in [9.17, 15) is 15.0 Å². The molecule has 0 spiro atoms. The van der Waals surface area contributed by atoms with Crippen LogP contribution >= 0.6 is 11.6 Å². The van der Waals surface area contributed by atoms with Gasteiger partial charge >= 0.3 is 6.09 Å². The monoisotopic (exact) mass is 336 g/mol. The second kappa shape index (κ2) is 8.47. The summed E-state index contributed by atoms with van der Waals surface area (Å²) in [5, 5.41) is 22.6. The smallest absolute Gasteiger partial charge is 0.407 e. The minimum absolute atomic E-state index is 0.131. The highest BCUT2D eigenvalue weighted by molar-refractivity contribution is 6.29. The average Bonchev–Trinajstić information content (AvgIpc) is 2.58. The van der Waals surface area contributed by atoms with Crippen LogP contribution in [0.4, 0.5) is 4.79 Å². The number of nitrogens with zero attached hydrogens (tertiary/aromatic N) is 1. The minimum Gasteiger partial charge on any atom is -0.445 e. The van der Waals surface area contributed by atoms with Crippen LogP contribution in [0, 0.1) is 0 Å². The van der Waals surface area contributed by atoms with Crippen molar-refractivity contribution in [2.24, 2.45) is 0 Å². The Hall–Kier alpha value is -2.15. The van der Waals surface area contributed by atoms with E-state index in [1.54, 1.807) is 6.07 Å². The third-order valence-corrected chi connectivity index (χ3v) is 3.35. The Labute approximate surface area is 138 Å². The van der Waals surface area contributed by atoms with Gasteiger partial charge in [-0.3, -0.25) is 0 Å². The molecule has 0 aliphatic rings. The molecule has 1 aromatic carbocycles. The molecule has 3 N–H and O–H groups in total. The molecule has 0 bridgehead atoms. The third-order valence-electron chi connectivity index (χ3n) is 3.12. The molecule has 0 aliphatic heterocycles. The Kier molecular flexibility index (Phi) is 6.34. The average molecular weight is 337 g/mol. The number of aliphatic hydroxyl groups excluding tert-OH is 2. The largest absolute Gasteiger partial charge is 0.445 e. The van der Waals surface area contributed by atoms with E-state index in [1.165, 1.54) is 12.3 Å². The Bertz CT molecular complexity index is 622. The van der Waals surface area contributed by atoms with Gasteiger partial charge in [0.2, 0.25) is 0 Å². The third kappa shape index (κ3) is 5.52. The van der Waals surface area contributed by atoms with E-state index >= 15 is 0 Å². The first-order chi connectivity index (χ1) is 11.1. The van der Waals surface area contributed by atoms with Crippen LogP contribution < -0.4 is 5.32 Å². The maximum atomic E-state index is 11.6. The summed E-state index contributed by atoms with van der Waals surface area (Å²) in [6.45, 7) is -0.0240. The fourth-order valence-electron chi connectivity index (χ4n) is 1.86. The molecule has 1 amide bonds. The Balaban J connectivity index is 1.75. The van der Waals surface area contributed by atoms with Crippen LogP contribution in [0.3, 0.4) is 0 Å². The molecule has 0 saturated heterocycles. The van der Waals surface area contributed by atoms with Gasteiger partial charge in [-0.1, -0.05) is 48.0 Å². The lowest BCUT2D eigenvalue weighted by molar-refractivity contribution is 0.0182. The maximum absolute atomic E-state index is 11.6. The lowest BCUT2D eigenvalue weighted by atomic mass is 10.1. The van der Waals surface area contributed by atoms with Gasteiger partial charge in [-0.15, -0.1) is 0 Å². The van der Waals surface area contributed by atoms with Crippen LogP contribution in [-0.2, 0) is 11.3 Å². The number of rotatable bonds is 6. The first-order valence-corrected chi connectivity index (χ1v) is 7.36. The first-order valence-electron chi connectivity index (χ1n) is 6.98. The van der Waals surface area contributed by atoms with Crippen LogP contribution in [0.15, 0.2) is 48.7 Å². The van der Waals surface area contributed by atoms with E-state index in [-0.39, 0.29) is 18.3 Å². The van der Waals surface area contributed by atoms with E-state index < -0.39 is 18.3 Å². The van der Waals surface area contributed by atoms with Gasteiger partial charge in [-0.05, 0) is 11.6 Å². The number of hydrogen-bond donors (Lipinski definition) is 3. The molecule has 0 aliphatic carbocycles. The van der Waals surface area contributed by atoms with E-state index in [0.717, 1.165) is 5.56 Å². The topological polar surface area (TPSA) is 91.7 Å². The second-order valence-corrected chi connectivity index (χ2v) is 5.26. The van der Waals surface area contributed by atoms with Crippen molar-refractivity contribution in [1.82, 2.24) is 10.3 Å². The zero-order chi connectivity index (χ0) is 16.7. The number of carbonyl (C=O) groups is 1. The molecule has 7 heteroatoms. The number of carbonyl (C=O) groups excluding carboxylic acids is 1. The van der Waals surface area contributed by atoms with Crippen LogP contribution in [0.25, 0.3) is 0 Å². The molecule has 6 nitrogen and oxygen atoms in total. The van der Waals surface area contributed by atoms with Crippen molar-refractivity contribution < 1.29 is 19.7 Å². The highest BCUT2D eigenvalue weighted by atomic mass is 35.5. The van der Waals surface area contributed by atoms with E-state index in [4.69, 9.17) is 16.3 Å². The molecule has 0 saturated carbocycles. The number of nitrogens with one attached hydrogen (secondary N) is 1. The van der Waals surface area contributed by atoms with E-state index in [1.807, 2.05) is 30.3 Å². The van der Waals surface area contributed by atoms with Crippen LogP contribution in [0.5, 0.6) is 0 Å². The Morgan fingerprint density at radius 1 is 1.22 bits per heavy atom. The number of ether oxygens (including phenoxy) is 1. The molecular formula is C16H17ClN2O4. The summed E-state index contributed by atoms with van der Waals surface area (Å²) in [5.41, 5.74) is 1.26. The number of amides is 1. The quantitative estimate of drug-likeness (QED) is 0.702. The Morgan fingerprint density at radius 2 is 1.96 bits per heavy atom. The molecular weight excluding hydrogens is 320 g/mol. The van der Waals surface area contributed by atoms with Crippen LogP contribution in [-0.4, -0.2) is 33.9 Å². The fourth-order valence-corrected chi connectivity index (χ4v) is 1.97. The number of pyridine rings is 1. The molecule has 0 fully saturated rings. The first kappa shape index (κ1) is 17.2. The van der Waals surface area contributed by atoms with Crippen molar-refractivity contribution in [3.63, 3.8) is 0 Å². The fraction of sp³-hybridized carbons (Fsp3) is 0.250. The summed E-state index contributed by atoms with van der Waals surface area (Å²) < 4.78 is 5.01. The van der Waals surface area contributed by atoms with Crippen LogP contribution in [0.2, 0.25) is 5.15 Å². The highest BCUT2D eigenvalue weighted by Gasteiger charge is 2.19.